The lowest BCUT2D eigenvalue weighted by Gasteiger charge is -2.46. The molecule has 0 radical (unpaired) electrons. The number of aromatic nitrogens is 2. The van der Waals surface area contributed by atoms with Crippen LogP contribution in [-0.2, 0) is 21.4 Å². The second-order valence-electron chi connectivity index (χ2n) is 9.96. The Kier molecular flexibility index (Phi) is 5.97. The molecule has 34 heavy (non-hydrogen) atoms. The molecule has 0 aliphatic carbocycles. The van der Waals surface area contributed by atoms with Gasteiger partial charge in [-0.05, 0) is 13.3 Å². The number of amides is 2. The number of imidazole rings is 1. The maximum absolute atomic E-state index is 13.2. The quantitative estimate of drug-likeness (QED) is 0.370. The van der Waals surface area contributed by atoms with Gasteiger partial charge in [-0.25, -0.2) is 13.9 Å². The normalized spacial score (nSPS) is 33.9. The van der Waals surface area contributed by atoms with Crippen LogP contribution in [0.3, 0.4) is 0 Å². The summed E-state index contributed by atoms with van der Waals surface area (Å²) in [7, 11) is 1.98. The van der Waals surface area contributed by atoms with E-state index >= 15 is 0 Å². The first kappa shape index (κ1) is 23.4. The Balaban J connectivity index is 1.23. The van der Waals surface area contributed by atoms with Gasteiger partial charge in [0.1, 0.15) is 24.1 Å². The first-order valence-corrected chi connectivity index (χ1v) is 12.8. The van der Waals surface area contributed by atoms with E-state index in [0.29, 0.717) is 24.4 Å². The van der Waals surface area contributed by atoms with Crippen LogP contribution in [0.5, 0.6) is 0 Å². The largest absolute Gasteiger partial charge is 0.477 e. The minimum atomic E-state index is -1.12. The number of rotatable bonds is 6. The van der Waals surface area contributed by atoms with E-state index in [1.165, 1.54) is 16.7 Å². The van der Waals surface area contributed by atoms with Crippen LogP contribution in [0.15, 0.2) is 29.3 Å². The molecule has 3 saturated heterocycles. The van der Waals surface area contributed by atoms with Crippen LogP contribution in [0.1, 0.15) is 32.7 Å². The molecule has 2 amide bonds. The van der Waals surface area contributed by atoms with Crippen LogP contribution in [0.4, 0.5) is 0 Å². The van der Waals surface area contributed by atoms with E-state index in [4.69, 9.17) is 0 Å². The number of fused-ring (bicyclic) bond motifs is 1. The van der Waals surface area contributed by atoms with Crippen LogP contribution >= 0.6 is 11.8 Å². The number of hydrogen-bond acceptors (Lipinski definition) is 6. The molecule has 184 valence electrons. The molecule has 0 bridgehead atoms. The minimum absolute atomic E-state index is 0.0430. The Labute approximate surface area is 202 Å². The fraction of sp³-hybridized carbons (Fsp3) is 0.652. The number of carbonyl (C=O) groups excluding carboxylic acids is 2. The number of likely N-dealkylation sites (tertiary alicyclic amines) is 1. The van der Waals surface area contributed by atoms with Crippen molar-refractivity contribution in [3.8, 4) is 0 Å². The van der Waals surface area contributed by atoms with Crippen molar-refractivity contribution in [2.24, 2.45) is 18.9 Å². The SMILES string of the molecule is CC(O)C1C(=O)N2C(C(=O)O)=C(SC3CNC(C(=O)N4CCC(n5cc[n+](C)c5)C4)C3)C(C)[C@H]12. The number of carboxylic acids is 1. The van der Waals surface area contributed by atoms with E-state index in [2.05, 4.69) is 9.88 Å². The smallest absolute Gasteiger partial charge is 0.353 e. The first-order valence-electron chi connectivity index (χ1n) is 11.9. The molecule has 5 rings (SSSR count). The third kappa shape index (κ3) is 3.74. The Bertz CT molecular complexity index is 1050. The molecule has 4 aliphatic heterocycles. The molecule has 1 aromatic rings. The van der Waals surface area contributed by atoms with Crippen molar-refractivity contribution in [2.75, 3.05) is 19.6 Å². The topological polar surface area (TPSA) is 119 Å². The lowest BCUT2D eigenvalue weighted by atomic mass is 9.79. The molecule has 5 heterocycles. The monoisotopic (exact) mass is 490 g/mol. The van der Waals surface area contributed by atoms with Gasteiger partial charge in [0.25, 0.3) is 0 Å². The van der Waals surface area contributed by atoms with Gasteiger partial charge in [-0.1, -0.05) is 6.92 Å². The fourth-order valence-corrected chi connectivity index (χ4v) is 7.41. The molecule has 10 nitrogen and oxygen atoms in total. The third-order valence-corrected chi connectivity index (χ3v) is 9.19. The molecule has 11 heteroatoms. The average molecular weight is 491 g/mol. The summed E-state index contributed by atoms with van der Waals surface area (Å²) in [5.41, 5.74) is 0.0430. The number of aliphatic carboxylic acids is 1. The Hall–Kier alpha value is -2.37. The van der Waals surface area contributed by atoms with Gasteiger partial charge < -0.3 is 25.3 Å². The number of thioether (sulfide) groups is 1. The second-order valence-corrected chi connectivity index (χ2v) is 11.3. The van der Waals surface area contributed by atoms with Gasteiger partial charge in [0.15, 0.2) is 0 Å². The fourth-order valence-electron chi connectivity index (χ4n) is 5.93. The highest BCUT2D eigenvalue weighted by Gasteiger charge is 2.60. The average Bonchev–Trinajstić information content (AvgIpc) is 3.55. The van der Waals surface area contributed by atoms with Crippen molar-refractivity contribution in [1.29, 1.82) is 0 Å². The van der Waals surface area contributed by atoms with Crippen molar-refractivity contribution >= 4 is 29.5 Å². The molecule has 7 atom stereocenters. The predicted molar refractivity (Wildman–Crippen MR) is 123 cm³/mol. The highest BCUT2D eigenvalue weighted by molar-refractivity contribution is 8.03. The van der Waals surface area contributed by atoms with E-state index in [1.54, 1.807) is 6.92 Å². The number of nitrogens with one attached hydrogen (secondary N) is 1. The number of aliphatic hydroxyl groups is 1. The van der Waals surface area contributed by atoms with Gasteiger partial charge >= 0.3 is 5.97 Å². The molecule has 1 aromatic heterocycles. The van der Waals surface area contributed by atoms with E-state index < -0.39 is 18.0 Å². The maximum atomic E-state index is 13.2. The third-order valence-electron chi connectivity index (χ3n) is 7.68. The zero-order chi connectivity index (χ0) is 24.3. The summed E-state index contributed by atoms with van der Waals surface area (Å²) in [4.78, 5) is 41.7. The Morgan fingerprint density at radius 2 is 2.12 bits per heavy atom. The Morgan fingerprint density at radius 1 is 1.35 bits per heavy atom. The molecule has 4 aliphatic rings. The molecule has 0 spiro atoms. The summed E-state index contributed by atoms with van der Waals surface area (Å²) in [6.07, 6.45) is 6.79. The van der Waals surface area contributed by atoms with Gasteiger partial charge in [0.2, 0.25) is 18.1 Å². The van der Waals surface area contributed by atoms with Crippen LogP contribution in [0.25, 0.3) is 0 Å². The lowest BCUT2D eigenvalue weighted by molar-refractivity contribution is -0.671. The molecule has 0 saturated carbocycles. The van der Waals surface area contributed by atoms with Gasteiger partial charge in [0.05, 0.1) is 37.7 Å². The minimum Gasteiger partial charge on any atom is -0.477 e. The highest BCUT2D eigenvalue weighted by atomic mass is 32.2. The maximum Gasteiger partial charge on any atom is 0.353 e. The summed E-state index contributed by atoms with van der Waals surface area (Å²) in [6.45, 7) is 5.52. The van der Waals surface area contributed by atoms with Gasteiger partial charge in [-0.15, -0.1) is 11.8 Å². The molecule has 0 aromatic carbocycles. The summed E-state index contributed by atoms with van der Waals surface area (Å²) in [6, 6.07) is -0.320. The van der Waals surface area contributed by atoms with Crippen LogP contribution in [0.2, 0.25) is 0 Å². The predicted octanol–water partition coefficient (Wildman–Crippen LogP) is -0.297. The number of carboxylic acid groups (broad SMARTS) is 1. The van der Waals surface area contributed by atoms with Crippen LogP contribution in [0, 0.1) is 11.8 Å². The highest BCUT2D eigenvalue weighted by Crippen LogP contribution is 2.51. The van der Waals surface area contributed by atoms with Crippen molar-refractivity contribution < 1.29 is 29.2 Å². The lowest BCUT2D eigenvalue weighted by Crippen LogP contribution is -2.63. The van der Waals surface area contributed by atoms with Crippen molar-refractivity contribution in [3.63, 3.8) is 0 Å². The zero-order valence-corrected chi connectivity index (χ0v) is 20.4. The van der Waals surface area contributed by atoms with E-state index in [0.717, 1.165) is 13.0 Å². The zero-order valence-electron chi connectivity index (χ0n) is 19.6. The Morgan fingerprint density at radius 3 is 2.76 bits per heavy atom. The number of aryl methyl sites for hydroxylation is 1. The van der Waals surface area contributed by atoms with Crippen molar-refractivity contribution in [2.45, 2.75) is 56.2 Å². The van der Waals surface area contributed by atoms with Crippen molar-refractivity contribution in [1.82, 2.24) is 19.7 Å². The van der Waals surface area contributed by atoms with Gasteiger partial charge in [0, 0.05) is 35.6 Å². The van der Waals surface area contributed by atoms with Crippen molar-refractivity contribution in [3.05, 3.63) is 29.3 Å². The number of nitrogens with zero attached hydrogens (tertiary/aromatic N) is 4. The molecule has 6 unspecified atom stereocenters. The summed E-state index contributed by atoms with van der Waals surface area (Å²) >= 11 is 1.47. The number of carbonyl (C=O) groups is 3. The summed E-state index contributed by atoms with van der Waals surface area (Å²) in [5, 5.41) is 23.2. The molecular weight excluding hydrogens is 458 g/mol. The van der Waals surface area contributed by atoms with E-state index in [-0.39, 0.29) is 46.8 Å². The van der Waals surface area contributed by atoms with Crippen LogP contribution in [-0.4, -0.2) is 85.4 Å². The number of β-lactam (4-membered cyclic amide) rings is 1. The summed E-state index contributed by atoms with van der Waals surface area (Å²) in [5.74, 6) is -2.07. The summed E-state index contributed by atoms with van der Waals surface area (Å²) < 4.78 is 4.15. The second kappa shape index (κ2) is 8.69. The number of aliphatic hydroxyl groups excluding tert-OH is 1. The van der Waals surface area contributed by atoms with Gasteiger partial charge in [-0.2, -0.15) is 0 Å². The standard InChI is InChI=1S/C23H31N5O5S/c1-12-18-17(13(2)29)22(31)28(18)19(23(32)33)20(12)34-15-8-16(24-9-15)21(30)26-5-4-14(10-26)27-7-6-25(3)11-27/h6-7,11-18,24,29H,4-5,8-10H2,1-3H3/p+1/t12?,13?,14?,15?,16?,17?,18-/m1/s1. The molecular formula is C23H32N5O5S+. The molecule has 3 N–H and O–H groups in total. The van der Waals surface area contributed by atoms with E-state index in [1.807, 2.05) is 42.2 Å². The number of hydrogen-bond donors (Lipinski definition) is 3. The van der Waals surface area contributed by atoms with Gasteiger partial charge in [-0.3, -0.25) is 9.59 Å². The molecule has 3 fully saturated rings. The van der Waals surface area contributed by atoms with Crippen LogP contribution < -0.4 is 9.88 Å². The first-order chi connectivity index (χ1) is 16.2. The van der Waals surface area contributed by atoms with E-state index in [9.17, 15) is 24.6 Å².